The molecule has 2 N–H and O–H groups in total. The number of phenols is 1. The van der Waals surface area contributed by atoms with Crippen LogP contribution >= 0.6 is 11.6 Å². The maximum absolute atomic E-state index is 12.4. The van der Waals surface area contributed by atoms with Crippen molar-refractivity contribution in [2.75, 3.05) is 0 Å². The van der Waals surface area contributed by atoms with E-state index in [1.807, 2.05) is 12.1 Å². The molecular weight excluding hydrogens is 364 g/mol. The Morgan fingerprint density at radius 1 is 1.04 bits per heavy atom. The fourth-order valence-electron chi connectivity index (χ4n) is 2.34. The SMILES string of the molecule is O=C(N/N=C/c1ccccc1O)c1ccccc1OCc1ccc(Cl)cc1. The number of benzene rings is 3. The van der Waals surface area contributed by atoms with E-state index in [2.05, 4.69) is 10.5 Å². The minimum atomic E-state index is -0.409. The van der Waals surface area contributed by atoms with Crippen molar-refractivity contribution in [1.82, 2.24) is 5.43 Å². The number of ether oxygens (including phenoxy) is 1. The van der Waals surface area contributed by atoms with Gasteiger partial charge in [-0.2, -0.15) is 5.10 Å². The first-order valence-corrected chi connectivity index (χ1v) is 8.59. The van der Waals surface area contributed by atoms with Crippen molar-refractivity contribution in [3.63, 3.8) is 0 Å². The van der Waals surface area contributed by atoms with E-state index in [1.54, 1.807) is 60.7 Å². The molecule has 6 heteroatoms. The van der Waals surface area contributed by atoms with Crippen molar-refractivity contribution in [1.29, 1.82) is 0 Å². The highest BCUT2D eigenvalue weighted by Gasteiger charge is 2.11. The van der Waals surface area contributed by atoms with Gasteiger partial charge < -0.3 is 9.84 Å². The Balaban J connectivity index is 1.66. The molecule has 136 valence electrons. The van der Waals surface area contributed by atoms with Gasteiger partial charge in [-0.25, -0.2) is 5.43 Å². The van der Waals surface area contributed by atoms with Crippen molar-refractivity contribution < 1.29 is 14.6 Å². The van der Waals surface area contributed by atoms with E-state index in [-0.39, 0.29) is 5.75 Å². The Labute approximate surface area is 161 Å². The monoisotopic (exact) mass is 380 g/mol. The van der Waals surface area contributed by atoms with Crippen molar-refractivity contribution in [3.8, 4) is 11.5 Å². The molecule has 3 aromatic rings. The lowest BCUT2D eigenvalue weighted by molar-refractivity contribution is 0.0950. The fraction of sp³-hybridized carbons (Fsp3) is 0.0476. The van der Waals surface area contributed by atoms with Crippen LogP contribution in [-0.4, -0.2) is 17.2 Å². The average Bonchev–Trinajstić information content (AvgIpc) is 2.69. The van der Waals surface area contributed by atoms with Crippen LogP contribution in [0.15, 0.2) is 77.9 Å². The number of amides is 1. The first kappa shape index (κ1) is 18.5. The zero-order valence-electron chi connectivity index (χ0n) is 14.3. The van der Waals surface area contributed by atoms with Crippen LogP contribution in [0, 0.1) is 0 Å². The van der Waals surface area contributed by atoms with Gasteiger partial charge in [0.1, 0.15) is 18.1 Å². The lowest BCUT2D eigenvalue weighted by Crippen LogP contribution is -2.18. The molecule has 0 atom stereocenters. The summed E-state index contributed by atoms with van der Waals surface area (Å²) in [5.41, 5.74) is 4.25. The third kappa shape index (κ3) is 5.09. The van der Waals surface area contributed by atoms with Crippen LogP contribution in [0.3, 0.4) is 0 Å². The van der Waals surface area contributed by atoms with Gasteiger partial charge in [0.05, 0.1) is 11.8 Å². The first-order valence-electron chi connectivity index (χ1n) is 8.21. The highest BCUT2D eigenvalue weighted by atomic mass is 35.5. The molecule has 3 rings (SSSR count). The molecule has 27 heavy (non-hydrogen) atoms. The van der Waals surface area contributed by atoms with E-state index in [1.165, 1.54) is 6.21 Å². The number of nitrogens with one attached hydrogen (secondary N) is 1. The number of para-hydroxylation sites is 2. The van der Waals surface area contributed by atoms with Gasteiger partial charge in [0.2, 0.25) is 0 Å². The van der Waals surface area contributed by atoms with Gasteiger partial charge in [-0.05, 0) is 42.0 Å². The van der Waals surface area contributed by atoms with E-state index >= 15 is 0 Å². The number of phenolic OH excluding ortho intramolecular Hbond substituents is 1. The lowest BCUT2D eigenvalue weighted by atomic mass is 10.2. The molecule has 0 bridgehead atoms. The summed E-state index contributed by atoms with van der Waals surface area (Å²) in [6.07, 6.45) is 1.38. The molecule has 1 amide bonds. The van der Waals surface area contributed by atoms with Gasteiger partial charge in [-0.3, -0.25) is 4.79 Å². The fourth-order valence-corrected chi connectivity index (χ4v) is 2.47. The summed E-state index contributed by atoms with van der Waals surface area (Å²) < 4.78 is 5.77. The zero-order chi connectivity index (χ0) is 19.1. The number of carbonyl (C=O) groups excluding carboxylic acids is 1. The Hall–Kier alpha value is -3.31. The van der Waals surface area contributed by atoms with Gasteiger partial charge in [0.25, 0.3) is 5.91 Å². The maximum Gasteiger partial charge on any atom is 0.275 e. The van der Waals surface area contributed by atoms with E-state index in [4.69, 9.17) is 16.3 Å². The normalized spacial score (nSPS) is 10.7. The van der Waals surface area contributed by atoms with Crippen molar-refractivity contribution in [2.24, 2.45) is 5.10 Å². The minimum Gasteiger partial charge on any atom is -0.507 e. The number of aromatic hydroxyl groups is 1. The van der Waals surface area contributed by atoms with Crippen LogP contribution in [0.25, 0.3) is 0 Å². The number of halogens is 1. The quantitative estimate of drug-likeness (QED) is 0.492. The summed E-state index contributed by atoms with van der Waals surface area (Å²) in [6, 6.07) is 20.9. The topological polar surface area (TPSA) is 70.9 Å². The molecule has 0 unspecified atom stereocenters. The van der Waals surface area contributed by atoms with E-state index < -0.39 is 5.91 Å². The molecule has 0 fully saturated rings. The van der Waals surface area contributed by atoms with E-state index in [9.17, 15) is 9.90 Å². The summed E-state index contributed by atoms with van der Waals surface area (Å²) in [7, 11) is 0. The summed E-state index contributed by atoms with van der Waals surface area (Å²) in [5.74, 6) is 0.123. The molecule has 5 nitrogen and oxygen atoms in total. The number of hydrazone groups is 1. The molecule has 0 aliphatic rings. The van der Waals surface area contributed by atoms with Gasteiger partial charge in [-0.1, -0.05) is 48.0 Å². The lowest BCUT2D eigenvalue weighted by Gasteiger charge is -2.10. The number of carbonyl (C=O) groups is 1. The van der Waals surface area contributed by atoms with E-state index in [0.29, 0.717) is 28.5 Å². The van der Waals surface area contributed by atoms with Crippen molar-refractivity contribution in [2.45, 2.75) is 6.61 Å². The molecule has 3 aromatic carbocycles. The standard InChI is InChI=1S/C21H17ClN2O3/c22-17-11-9-15(10-12-17)14-27-20-8-4-2-6-18(20)21(26)24-23-13-16-5-1-3-7-19(16)25/h1-13,25H,14H2,(H,24,26)/b23-13+. The Bertz CT molecular complexity index is 956. The second kappa shape index (κ2) is 8.87. The molecule has 0 aliphatic carbocycles. The average molecular weight is 381 g/mol. The molecule has 0 saturated heterocycles. The van der Waals surface area contributed by atoms with Crippen LogP contribution in [0.4, 0.5) is 0 Å². The predicted octanol–water partition coefficient (Wildman–Crippen LogP) is 4.39. The number of nitrogens with zero attached hydrogens (tertiary/aromatic N) is 1. The van der Waals surface area contributed by atoms with Crippen LogP contribution in [0.2, 0.25) is 5.02 Å². The second-order valence-electron chi connectivity index (χ2n) is 5.67. The van der Waals surface area contributed by atoms with Crippen LogP contribution in [0.1, 0.15) is 21.5 Å². The molecule has 0 spiro atoms. The third-order valence-electron chi connectivity index (χ3n) is 3.75. The van der Waals surface area contributed by atoms with Crippen LogP contribution in [-0.2, 0) is 6.61 Å². The summed E-state index contributed by atoms with van der Waals surface area (Å²) in [5, 5.41) is 14.2. The second-order valence-corrected chi connectivity index (χ2v) is 6.11. The van der Waals surface area contributed by atoms with Crippen LogP contribution < -0.4 is 10.2 Å². The summed E-state index contributed by atoms with van der Waals surface area (Å²) in [4.78, 5) is 12.4. The maximum atomic E-state index is 12.4. The van der Waals surface area contributed by atoms with Crippen molar-refractivity contribution in [3.05, 3.63) is 94.5 Å². The number of hydrogen-bond donors (Lipinski definition) is 2. The Kier molecular flexibility index (Phi) is 6.07. The van der Waals surface area contributed by atoms with E-state index in [0.717, 1.165) is 5.56 Å². The molecule has 0 saturated carbocycles. The van der Waals surface area contributed by atoms with Gasteiger partial charge in [0.15, 0.2) is 0 Å². The third-order valence-corrected chi connectivity index (χ3v) is 4.00. The Morgan fingerprint density at radius 3 is 2.52 bits per heavy atom. The van der Waals surface area contributed by atoms with Gasteiger partial charge in [0, 0.05) is 10.6 Å². The van der Waals surface area contributed by atoms with Crippen molar-refractivity contribution >= 4 is 23.7 Å². The number of hydrogen-bond acceptors (Lipinski definition) is 4. The van der Waals surface area contributed by atoms with Crippen LogP contribution in [0.5, 0.6) is 11.5 Å². The Morgan fingerprint density at radius 2 is 1.74 bits per heavy atom. The highest BCUT2D eigenvalue weighted by molar-refractivity contribution is 6.30. The van der Waals surface area contributed by atoms with Gasteiger partial charge >= 0.3 is 0 Å². The molecule has 0 aromatic heterocycles. The predicted molar refractivity (Wildman–Crippen MR) is 105 cm³/mol. The highest BCUT2D eigenvalue weighted by Crippen LogP contribution is 2.20. The molecule has 0 heterocycles. The first-order chi connectivity index (χ1) is 13.1. The number of rotatable bonds is 6. The minimum absolute atomic E-state index is 0.0854. The van der Waals surface area contributed by atoms with Gasteiger partial charge in [-0.15, -0.1) is 0 Å². The zero-order valence-corrected chi connectivity index (χ0v) is 15.1. The molecule has 0 radical (unpaired) electrons. The largest absolute Gasteiger partial charge is 0.507 e. The smallest absolute Gasteiger partial charge is 0.275 e. The molecular formula is C21H17ClN2O3. The summed E-state index contributed by atoms with van der Waals surface area (Å²) >= 11 is 5.88. The molecule has 0 aliphatic heterocycles. The summed E-state index contributed by atoms with van der Waals surface area (Å²) in [6.45, 7) is 0.308.